The average Bonchev–Trinajstić information content (AvgIpc) is 3.06. The van der Waals surface area contributed by atoms with Gasteiger partial charge in [-0.15, -0.1) is 0 Å². The molecular weight excluding hydrogens is 312 g/mol. The zero-order chi connectivity index (χ0) is 17.6. The Morgan fingerprint density at radius 1 is 1.20 bits per heavy atom. The van der Waals surface area contributed by atoms with Crippen molar-refractivity contribution in [2.24, 2.45) is 0 Å². The summed E-state index contributed by atoms with van der Waals surface area (Å²) in [6.07, 6.45) is 4.51. The molecule has 0 atom stereocenters. The summed E-state index contributed by atoms with van der Waals surface area (Å²) in [6, 6.07) is 11.8. The van der Waals surface area contributed by atoms with Crippen molar-refractivity contribution in [2.75, 3.05) is 24.5 Å². The maximum Gasteiger partial charge on any atom is 0.251 e. The Bertz CT molecular complexity index is 852. The molecule has 0 saturated carbocycles. The predicted molar refractivity (Wildman–Crippen MR) is 102 cm³/mol. The van der Waals surface area contributed by atoms with Crippen molar-refractivity contribution in [2.45, 2.75) is 20.3 Å². The number of hydrogen-bond donors (Lipinski definition) is 2. The van der Waals surface area contributed by atoms with Crippen LogP contribution in [-0.2, 0) is 6.42 Å². The number of nitrogens with one attached hydrogen (secondary N) is 2. The van der Waals surface area contributed by atoms with Crippen LogP contribution in [0.4, 0.5) is 5.82 Å². The number of fused-ring (bicyclic) bond motifs is 1. The summed E-state index contributed by atoms with van der Waals surface area (Å²) in [5, 5.41) is 4.22. The Hall–Kier alpha value is -2.82. The molecule has 3 rings (SSSR count). The van der Waals surface area contributed by atoms with Gasteiger partial charge in [0.2, 0.25) is 0 Å². The van der Waals surface area contributed by atoms with E-state index in [2.05, 4.69) is 46.2 Å². The topological polar surface area (TPSA) is 61.0 Å². The first kappa shape index (κ1) is 17.0. The first-order valence-electron chi connectivity index (χ1n) is 8.77. The number of carbonyl (C=O) groups excluding carboxylic acids is 1. The number of rotatable bonds is 7. The van der Waals surface area contributed by atoms with Gasteiger partial charge in [-0.05, 0) is 44.0 Å². The molecule has 0 fully saturated rings. The number of nitrogens with zero attached hydrogens (tertiary/aromatic N) is 2. The maximum absolute atomic E-state index is 12.4. The summed E-state index contributed by atoms with van der Waals surface area (Å²) in [5.41, 5.74) is 2.99. The molecular formula is C20H24N4O. The molecule has 2 heterocycles. The lowest BCUT2D eigenvalue weighted by Gasteiger charge is -2.20. The number of amides is 1. The lowest BCUT2D eigenvalue weighted by atomic mass is 10.1. The molecule has 5 nitrogen and oxygen atoms in total. The minimum atomic E-state index is -0.0596. The van der Waals surface area contributed by atoms with Crippen molar-refractivity contribution in [1.82, 2.24) is 15.3 Å². The van der Waals surface area contributed by atoms with Crippen LogP contribution in [0.5, 0.6) is 0 Å². The van der Waals surface area contributed by atoms with Crippen LogP contribution >= 0.6 is 0 Å². The van der Waals surface area contributed by atoms with Crippen LogP contribution in [0.25, 0.3) is 10.9 Å². The van der Waals surface area contributed by atoms with Gasteiger partial charge >= 0.3 is 0 Å². The molecule has 0 bridgehead atoms. The fourth-order valence-corrected chi connectivity index (χ4v) is 3.03. The van der Waals surface area contributed by atoms with Crippen molar-refractivity contribution in [1.29, 1.82) is 0 Å². The van der Waals surface area contributed by atoms with E-state index in [9.17, 15) is 4.79 Å². The number of hydrogen-bond acceptors (Lipinski definition) is 3. The third-order valence-corrected chi connectivity index (χ3v) is 4.45. The first-order chi connectivity index (χ1) is 12.2. The number of anilines is 1. The zero-order valence-electron chi connectivity index (χ0n) is 14.7. The lowest BCUT2D eigenvalue weighted by Crippen LogP contribution is -2.27. The quantitative estimate of drug-likeness (QED) is 0.695. The van der Waals surface area contributed by atoms with E-state index in [0.29, 0.717) is 12.1 Å². The molecule has 25 heavy (non-hydrogen) atoms. The van der Waals surface area contributed by atoms with Gasteiger partial charge in [0.25, 0.3) is 5.91 Å². The Labute approximate surface area is 148 Å². The van der Waals surface area contributed by atoms with Crippen LogP contribution in [0.1, 0.15) is 29.8 Å². The van der Waals surface area contributed by atoms with E-state index in [1.165, 1.54) is 10.9 Å². The van der Waals surface area contributed by atoms with Gasteiger partial charge in [-0.1, -0.05) is 18.2 Å². The molecule has 0 spiro atoms. The van der Waals surface area contributed by atoms with Gasteiger partial charge in [0.15, 0.2) is 0 Å². The molecule has 1 aromatic carbocycles. The second-order valence-corrected chi connectivity index (χ2v) is 5.94. The monoisotopic (exact) mass is 336 g/mol. The van der Waals surface area contributed by atoms with Crippen molar-refractivity contribution in [3.63, 3.8) is 0 Å². The molecule has 0 radical (unpaired) electrons. The standard InChI is InChI=1S/C20H24N4O/c1-3-24(4-2)19-13-15(9-11-21-19)20(25)22-12-10-16-14-23-18-8-6-5-7-17(16)18/h5-9,11,13-14,23H,3-4,10,12H2,1-2H3,(H,22,25). The highest BCUT2D eigenvalue weighted by Crippen LogP contribution is 2.18. The third kappa shape index (κ3) is 3.82. The minimum Gasteiger partial charge on any atom is -0.361 e. The van der Waals surface area contributed by atoms with Gasteiger partial charge in [0, 0.05) is 48.5 Å². The predicted octanol–water partition coefficient (Wildman–Crippen LogP) is 3.38. The molecule has 0 aliphatic heterocycles. The van der Waals surface area contributed by atoms with Gasteiger partial charge in [-0.25, -0.2) is 4.98 Å². The smallest absolute Gasteiger partial charge is 0.251 e. The highest BCUT2D eigenvalue weighted by molar-refractivity contribution is 5.94. The summed E-state index contributed by atoms with van der Waals surface area (Å²) >= 11 is 0. The molecule has 3 aromatic rings. The van der Waals surface area contributed by atoms with Crippen LogP contribution in [0, 0.1) is 0 Å². The number of benzene rings is 1. The van der Waals surface area contributed by atoms with Gasteiger partial charge < -0.3 is 15.2 Å². The average molecular weight is 336 g/mol. The van der Waals surface area contributed by atoms with Crippen LogP contribution < -0.4 is 10.2 Å². The fourth-order valence-electron chi connectivity index (χ4n) is 3.03. The summed E-state index contributed by atoms with van der Waals surface area (Å²) in [5.74, 6) is 0.782. The molecule has 1 amide bonds. The van der Waals surface area contributed by atoms with Gasteiger partial charge in [-0.2, -0.15) is 0 Å². The second-order valence-electron chi connectivity index (χ2n) is 5.94. The molecule has 0 saturated heterocycles. The van der Waals surface area contributed by atoms with E-state index in [4.69, 9.17) is 0 Å². The second kappa shape index (κ2) is 7.83. The van der Waals surface area contributed by atoms with Crippen LogP contribution in [0.3, 0.4) is 0 Å². The Balaban J connectivity index is 1.62. The van der Waals surface area contributed by atoms with Crippen molar-refractivity contribution < 1.29 is 4.79 Å². The fraction of sp³-hybridized carbons (Fsp3) is 0.300. The summed E-state index contributed by atoms with van der Waals surface area (Å²) < 4.78 is 0. The summed E-state index contributed by atoms with van der Waals surface area (Å²) in [4.78, 5) is 22.2. The van der Waals surface area contributed by atoms with Gasteiger partial charge in [0.1, 0.15) is 5.82 Å². The first-order valence-corrected chi connectivity index (χ1v) is 8.77. The number of para-hydroxylation sites is 1. The van der Waals surface area contributed by atoms with Crippen molar-refractivity contribution in [3.8, 4) is 0 Å². The highest BCUT2D eigenvalue weighted by Gasteiger charge is 2.10. The van der Waals surface area contributed by atoms with Gasteiger partial charge in [0.05, 0.1) is 0 Å². The van der Waals surface area contributed by atoms with E-state index >= 15 is 0 Å². The normalized spacial score (nSPS) is 10.8. The summed E-state index contributed by atoms with van der Waals surface area (Å²) in [7, 11) is 0. The van der Waals surface area contributed by atoms with E-state index in [-0.39, 0.29) is 5.91 Å². The number of H-pyrrole nitrogens is 1. The largest absolute Gasteiger partial charge is 0.361 e. The van der Waals surface area contributed by atoms with Crippen molar-refractivity contribution in [3.05, 3.63) is 59.9 Å². The molecule has 130 valence electrons. The third-order valence-electron chi connectivity index (χ3n) is 4.45. The summed E-state index contributed by atoms with van der Waals surface area (Å²) in [6.45, 7) is 6.51. The lowest BCUT2D eigenvalue weighted by molar-refractivity contribution is 0.0954. The van der Waals surface area contributed by atoms with E-state index < -0.39 is 0 Å². The minimum absolute atomic E-state index is 0.0596. The van der Waals surface area contributed by atoms with Crippen LogP contribution in [-0.4, -0.2) is 35.5 Å². The zero-order valence-corrected chi connectivity index (χ0v) is 14.7. The SMILES string of the molecule is CCN(CC)c1cc(C(=O)NCCc2c[nH]c3ccccc23)ccn1. The van der Waals surface area contributed by atoms with E-state index in [1.807, 2.05) is 24.4 Å². The molecule has 2 aromatic heterocycles. The Kier molecular flexibility index (Phi) is 5.33. The van der Waals surface area contributed by atoms with E-state index in [0.717, 1.165) is 30.8 Å². The Morgan fingerprint density at radius 2 is 2.00 bits per heavy atom. The molecule has 0 unspecified atom stereocenters. The Morgan fingerprint density at radius 3 is 2.80 bits per heavy atom. The highest BCUT2D eigenvalue weighted by atomic mass is 16.1. The van der Waals surface area contributed by atoms with Crippen LogP contribution in [0.2, 0.25) is 0 Å². The maximum atomic E-state index is 12.4. The van der Waals surface area contributed by atoms with Crippen molar-refractivity contribution >= 4 is 22.6 Å². The van der Waals surface area contributed by atoms with E-state index in [1.54, 1.807) is 12.3 Å². The molecule has 2 N–H and O–H groups in total. The number of carbonyl (C=O) groups is 1. The molecule has 0 aliphatic carbocycles. The molecule has 0 aliphatic rings. The number of aromatic amines is 1. The van der Waals surface area contributed by atoms with Crippen LogP contribution in [0.15, 0.2) is 48.8 Å². The molecule has 5 heteroatoms. The number of aromatic nitrogens is 2. The van der Waals surface area contributed by atoms with Gasteiger partial charge in [-0.3, -0.25) is 4.79 Å². The number of pyridine rings is 1.